The van der Waals surface area contributed by atoms with Gasteiger partial charge in [0.25, 0.3) is 0 Å². The summed E-state index contributed by atoms with van der Waals surface area (Å²) in [4.78, 5) is 12.5. The van der Waals surface area contributed by atoms with Crippen LogP contribution in [0.4, 0.5) is 22.9 Å². The van der Waals surface area contributed by atoms with E-state index in [9.17, 15) is 5.11 Å². The Morgan fingerprint density at radius 3 is 2.47 bits per heavy atom. The van der Waals surface area contributed by atoms with Crippen LogP contribution < -0.4 is 10.2 Å². The molecule has 3 heterocycles. The van der Waals surface area contributed by atoms with Gasteiger partial charge in [-0.2, -0.15) is 5.10 Å². The van der Waals surface area contributed by atoms with Gasteiger partial charge in [-0.15, -0.1) is 0 Å². The summed E-state index contributed by atoms with van der Waals surface area (Å²) >= 11 is 3.64. The number of benzene rings is 4. The van der Waals surface area contributed by atoms with Crippen LogP contribution in [0.25, 0.3) is 5.69 Å². The highest BCUT2D eigenvalue weighted by Gasteiger charge is 2.42. The topological polar surface area (TPSA) is 78.0 Å². The fraction of sp³-hybridized carbons (Fsp3) is 0.171. The maximum Gasteiger partial charge on any atom is 0.179 e. The molecule has 7 rings (SSSR count). The molecule has 1 atom stereocenters. The number of hydrogen-bond donors (Lipinski definition) is 2. The third-order valence-corrected chi connectivity index (χ3v) is 8.45. The van der Waals surface area contributed by atoms with Crippen molar-refractivity contribution in [3.05, 3.63) is 124 Å². The van der Waals surface area contributed by atoms with Crippen molar-refractivity contribution >= 4 is 50.5 Å². The SMILES string of the molecule is CCCCc1ccc(NC2=Nc3ccccc3N3C2=Nc2c(c(C)nn2-c2ccccc2)C3c2cc(Br)ccc2O)cc1. The molecule has 2 aliphatic rings. The van der Waals surface area contributed by atoms with Gasteiger partial charge in [0, 0.05) is 21.3 Å². The van der Waals surface area contributed by atoms with Crippen molar-refractivity contribution in [2.24, 2.45) is 9.98 Å². The lowest BCUT2D eigenvalue weighted by molar-refractivity contribution is 0.465. The van der Waals surface area contributed by atoms with E-state index in [0.717, 1.165) is 50.5 Å². The Morgan fingerprint density at radius 2 is 1.67 bits per heavy atom. The van der Waals surface area contributed by atoms with Crippen molar-refractivity contribution in [3.63, 3.8) is 0 Å². The number of halogens is 1. The van der Waals surface area contributed by atoms with Crippen LogP contribution in [-0.4, -0.2) is 26.6 Å². The molecule has 0 bridgehead atoms. The summed E-state index contributed by atoms with van der Waals surface area (Å²) in [7, 11) is 0. The molecule has 1 unspecified atom stereocenters. The van der Waals surface area contributed by atoms with Crippen molar-refractivity contribution in [1.82, 2.24) is 9.78 Å². The van der Waals surface area contributed by atoms with Crippen LogP contribution in [0.15, 0.2) is 112 Å². The Morgan fingerprint density at radius 1 is 0.907 bits per heavy atom. The number of rotatable bonds is 6. The van der Waals surface area contributed by atoms with E-state index in [2.05, 4.69) is 63.4 Å². The van der Waals surface area contributed by atoms with Crippen LogP contribution in [0.3, 0.4) is 0 Å². The molecule has 5 aromatic rings. The van der Waals surface area contributed by atoms with E-state index in [0.29, 0.717) is 17.5 Å². The van der Waals surface area contributed by atoms with Crippen molar-refractivity contribution in [1.29, 1.82) is 0 Å². The Bertz CT molecular complexity index is 1880. The van der Waals surface area contributed by atoms with Crippen molar-refractivity contribution in [2.45, 2.75) is 39.2 Å². The van der Waals surface area contributed by atoms with Gasteiger partial charge in [0.15, 0.2) is 17.5 Å². The molecule has 43 heavy (non-hydrogen) atoms. The zero-order chi connectivity index (χ0) is 29.5. The summed E-state index contributed by atoms with van der Waals surface area (Å²) in [5.41, 5.74) is 7.39. The minimum Gasteiger partial charge on any atom is -0.508 e. The van der Waals surface area contributed by atoms with Gasteiger partial charge in [0.05, 0.1) is 28.8 Å². The normalized spacial score (nSPS) is 15.2. The molecule has 0 aliphatic carbocycles. The summed E-state index contributed by atoms with van der Waals surface area (Å²) < 4.78 is 2.76. The number of unbranched alkanes of at least 4 members (excludes halogenated alkanes) is 1. The summed E-state index contributed by atoms with van der Waals surface area (Å²) in [6, 6.07) is 31.8. The summed E-state index contributed by atoms with van der Waals surface area (Å²) in [5.74, 6) is 2.19. The molecule has 0 spiro atoms. The van der Waals surface area contributed by atoms with Gasteiger partial charge in [-0.25, -0.2) is 14.7 Å². The molecule has 0 saturated carbocycles. The van der Waals surface area contributed by atoms with Crippen molar-refractivity contribution < 1.29 is 5.11 Å². The lowest BCUT2D eigenvalue weighted by Gasteiger charge is -2.40. The first-order valence-electron chi connectivity index (χ1n) is 14.6. The Hall–Kier alpha value is -4.69. The fourth-order valence-corrected chi connectivity index (χ4v) is 6.24. The molecule has 2 N–H and O–H groups in total. The van der Waals surface area contributed by atoms with E-state index in [1.165, 1.54) is 18.4 Å². The molecule has 8 heteroatoms. The maximum atomic E-state index is 11.3. The highest BCUT2D eigenvalue weighted by atomic mass is 79.9. The van der Waals surface area contributed by atoms with Crippen molar-refractivity contribution in [3.8, 4) is 11.4 Å². The average molecular weight is 632 g/mol. The third-order valence-electron chi connectivity index (χ3n) is 7.96. The number of phenols is 1. The van der Waals surface area contributed by atoms with E-state index in [1.807, 2.05) is 72.3 Å². The highest BCUT2D eigenvalue weighted by Crippen LogP contribution is 2.50. The smallest absolute Gasteiger partial charge is 0.179 e. The van der Waals surface area contributed by atoms with Gasteiger partial charge in [-0.1, -0.05) is 71.7 Å². The summed E-state index contributed by atoms with van der Waals surface area (Å²) in [5, 5.41) is 19.8. The summed E-state index contributed by atoms with van der Waals surface area (Å²) in [6.07, 6.45) is 3.40. The van der Waals surface area contributed by atoms with Crippen LogP contribution in [0, 0.1) is 6.92 Å². The van der Waals surface area contributed by atoms with Crippen LogP contribution in [0.5, 0.6) is 5.75 Å². The predicted molar refractivity (Wildman–Crippen MR) is 178 cm³/mol. The number of anilines is 2. The van der Waals surface area contributed by atoms with E-state index in [-0.39, 0.29) is 5.75 Å². The molecule has 4 aromatic carbocycles. The summed E-state index contributed by atoms with van der Waals surface area (Å²) in [6.45, 7) is 4.22. The second-order valence-electron chi connectivity index (χ2n) is 10.9. The van der Waals surface area contributed by atoms with Crippen LogP contribution >= 0.6 is 15.9 Å². The second-order valence-corrected chi connectivity index (χ2v) is 11.8. The zero-order valence-electron chi connectivity index (χ0n) is 24.0. The number of fused-ring (bicyclic) bond motifs is 4. The quantitative estimate of drug-likeness (QED) is 0.196. The number of aryl methyl sites for hydroxylation is 2. The molecule has 0 radical (unpaired) electrons. The lowest BCUT2D eigenvalue weighted by atomic mass is 9.92. The number of nitrogens with one attached hydrogen (secondary N) is 1. The number of aliphatic imine (C=N–C) groups is 2. The third kappa shape index (κ3) is 4.91. The van der Waals surface area contributed by atoms with Gasteiger partial charge in [0.1, 0.15) is 5.75 Å². The average Bonchev–Trinajstić information content (AvgIpc) is 3.37. The van der Waals surface area contributed by atoms with E-state index in [1.54, 1.807) is 6.07 Å². The number of hydrogen-bond acceptors (Lipinski definition) is 6. The molecule has 0 fully saturated rings. The minimum atomic E-state index is -0.415. The number of aromatic hydroxyl groups is 1. The first kappa shape index (κ1) is 27.2. The van der Waals surface area contributed by atoms with Gasteiger partial charge in [0.2, 0.25) is 0 Å². The van der Waals surface area contributed by atoms with Gasteiger partial charge in [-0.3, -0.25) is 0 Å². The molecule has 2 aliphatic heterocycles. The fourth-order valence-electron chi connectivity index (χ4n) is 5.86. The van der Waals surface area contributed by atoms with Gasteiger partial charge >= 0.3 is 0 Å². The Kier molecular flexibility index (Phi) is 7.07. The molecule has 1 aromatic heterocycles. The Labute approximate surface area is 259 Å². The number of aromatic nitrogens is 2. The van der Waals surface area contributed by atoms with Gasteiger partial charge in [-0.05, 0) is 79.9 Å². The van der Waals surface area contributed by atoms with Gasteiger partial charge < -0.3 is 15.3 Å². The zero-order valence-corrected chi connectivity index (χ0v) is 25.6. The molecule has 0 amide bonds. The number of amidine groups is 2. The van der Waals surface area contributed by atoms with E-state index >= 15 is 0 Å². The first-order chi connectivity index (χ1) is 21.0. The van der Waals surface area contributed by atoms with Crippen molar-refractivity contribution in [2.75, 3.05) is 10.2 Å². The Balaban J connectivity index is 1.44. The second kappa shape index (κ2) is 11.2. The minimum absolute atomic E-state index is 0.199. The first-order valence-corrected chi connectivity index (χ1v) is 15.4. The lowest BCUT2D eigenvalue weighted by Crippen LogP contribution is -2.46. The highest BCUT2D eigenvalue weighted by molar-refractivity contribution is 9.10. The standard InChI is InChI=1S/C35H31BrN6O/c1-3-4-10-23-15-18-25(19-16-23)37-33-35-39-34-31(22(2)40-42(34)26-11-6-5-7-12-26)32(27-21-24(36)17-20-30(27)43)41(35)29-14-9-8-13-28(29)38-33/h5-9,11-21,32,43H,3-4,10H2,1-2H3,(H,37,38). The molecular weight excluding hydrogens is 600 g/mol. The number of nitrogens with zero attached hydrogens (tertiary/aromatic N) is 5. The molecule has 0 saturated heterocycles. The van der Waals surface area contributed by atoms with Crippen LogP contribution in [-0.2, 0) is 6.42 Å². The number of para-hydroxylation sites is 3. The monoisotopic (exact) mass is 630 g/mol. The molecular formula is C35H31BrN6O. The molecule has 7 nitrogen and oxygen atoms in total. The van der Waals surface area contributed by atoms with E-state index in [4.69, 9.17) is 15.1 Å². The largest absolute Gasteiger partial charge is 0.508 e. The maximum absolute atomic E-state index is 11.3. The molecule has 214 valence electrons. The number of phenolic OH excluding ortho intramolecular Hbond substituents is 1. The van der Waals surface area contributed by atoms with Crippen LogP contribution in [0.2, 0.25) is 0 Å². The predicted octanol–water partition coefficient (Wildman–Crippen LogP) is 8.79. The van der Waals surface area contributed by atoms with Crippen LogP contribution in [0.1, 0.15) is 48.2 Å². The van der Waals surface area contributed by atoms with E-state index < -0.39 is 6.04 Å².